The summed E-state index contributed by atoms with van der Waals surface area (Å²) >= 11 is 0. The zero-order valence-electron chi connectivity index (χ0n) is 23.4. The maximum Gasteiger partial charge on any atom is 0.213 e. The molecule has 0 aliphatic heterocycles. The molecule has 36 heavy (non-hydrogen) atoms. The molecule has 2 unspecified atom stereocenters. The third-order valence-electron chi connectivity index (χ3n) is 6.64. The summed E-state index contributed by atoms with van der Waals surface area (Å²) in [5.41, 5.74) is 4.82. The zero-order chi connectivity index (χ0) is 27.3. The molecular weight excluding hydrogens is 447 g/mol. The van der Waals surface area contributed by atoms with Crippen molar-refractivity contribution in [2.75, 3.05) is 6.61 Å². The molecule has 1 heterocycles. The highest BCUT2D eigenvalue weighted by atomic mass is 19.1. The minimum atomic E-state index is -0.327. The van der Waals surface area contributed by atoms with Crippen LogP contribution in [0.2, 0.25) is 0 Å². The monoisotopic (exact) mass is 492 g/mol. The Morgan fingerprint density at radius 1 is 1.17 bits per heavy atom. The summed E-state index contributed by atoms with van der Waals surface area (Å²) < 4.78 is 18.3. The fraction of sp³-hybridized carbons (Fsp3) is 0.438. The van der Waals surface area contributed by atoms with Gasteiger partial charge in [-0.1, -0.05) is 69.9 Å². The Balaban J connectivity index is 0.000000360. The van der Waals surface area contributed by atoms with Crippen molar-refractivity contribution in [1.29, 1.82) is 0 Å². The van der Waals surface area contributed by atoms with E-state index in [1.54, 1.807) is 12.3 Å². The molecule has 0 amide bonds. The molecule has 1 aliphatic rings. The molecule has 1 fully saturated rings. The molecule has 0 spiro atoms. The Labute approximate surface area is 219 Å². The highest BCUT2D eigenvalue weighted by Crippen LogP contribution is 2.41. The second-order valence-corrected chi connectivity index (χ2v) is 10.0. The molecule has 196 valence electrons. The normalized spacial score (nSPS) is 19.8. The number of hydrogen-bond donors (Lipinski definition) is 0. The van der Waals surface area contributed by atoms with E-state index in [-0.39, 0.29) is 5.82 Å². The van der Waals surface area contributed by atoms with E-state index < -0.39 is 0 Å². The third-order valence-corrected chi connectivity index (χ3v) is 6.64. The van der Waals surface area contributed by atoms with Crippen molar-refractivity contribution in [3.05, 3.63) is 96.2 Å². The molecule has 3 nitrogen and oxygen atoms in total. The van der Waals surface area contributed by atoms with Gasteiger partial charge in [-0.05, 0) is 81.9 Å². The molecule has 2 rings (SSSR count). The summed E-state index contributed by atoms with van der Waals surface area (Å²) in [5.74, 6) is 3.12. The predicted octanol–water partition coefficient (Wildman–Crippen LogP) is 9.09. The zero-order valence-corrected chi connectivity index (χ0v) is 23.4. The van der Waals surface area contributed by atoms with E-state index in [1.165, 1.54) is 25.1 Å². The van der Waals surface area contributed by atoms with E-state index in [1.807, 2.05) is 52.0 Å². The molecule has 0 bridgehead atoms. The van der Waals surface area contributed by atoms with Gasteiger partial charge < -0.3 is 4.74 Å². The van der Waals surface area contributed by atoms with E-state index in [0.717, 1.165) is 39.8 Å². The first-order chi connectivity index (χ1) is 17.0. The van der Waals surface area contributed by atoms with Crippen molar-refractivity contribution in [1.82, 2.24) is 4.98 Å². The van der Waals surface area contributed by atoms with Crippen LogP contribution in [-0.4, -0.2) is 17.8 Å². The summed E-state index contributed by atoms with van der Waals surface area (Å²) in [6.07, 6.45) is 13.4. The summed E-state index contributed by atoms with van der Waals surface area (Å²) in [7, 11) is 0. The van der Waals surface area contributed by atoms with Crippen LogP contribution in [0.15, 0.2) is 95.4 Å². The van der Waals surface area contributed by atoms with Gasteiger partial charge in [-0.2, -0.15) is 0 Å². The van der Waals surface area contributed by atoms with Gasteiger partial charge in [-0.15, -0.1) is 0 Å². The first-order valence-corrected chi connectivity index (χ1v) is 12.8. The van der Waals surface area contributed by atoms with Gasteiger partial charge in [0, 0.05) is 17.9 Å². The smallest absolute Gasteiger partial charge is 0.213 e. The largest absolute Gasteiger partial charge is 0.477 e. The van der Waals surface area contributed by atoms with Crippen LogP contribution in [0, 0.1) is 29.5 Å². The molecule has 0 radical (unpaired) electrons. The van der Waals surface area contributed by atoms with Gasteiger partial charge in [-0.25, -0.2) is 9.37 Å². The number of aromatic nitrogens is 1. The van der Waals surface area contributed by atoms with Crippen molar-refractivity contribution in [3.63, 3.8) is 0 Å². The van der Waals surface area contributed by atoms with Crippen LogP contribution in [0.25, 0.3) is 0 Å². The lowest BCUT2D eigenvalue weighted by atomic mass is 9.67. The third kappa shape index (κ3) is 11.2. The van der Waals surface area contributed by atoms with Crippen molar-refractivity contribution >= 4 is 6.21 Å². The number of hydrogen-bond acceptors (Lipinski definition) is 3. The second kappa shape index (κ2) is 15.9. The Hall–Kier alpha value is -3.01. The molecule has 0 N–H and O–H groups in total. The molecule has 1 aliphatic carbocycles. The lowest BCUT2D eigenvalue weighted by molar-refractivity contribution is 0.0870. The standard InChI is InChI=1S/C17H23N.C15H22FNO/c1-8-9-12-18-16(7)17(11-10-13(2)3)15(6)14(4)5;1-10-6-13(7-10)12(3)11(2)9-18-15-5-4-14(16)8-17-15/h8-12H,2,4,7H2,1,3,5-6H3;4-5,8,10-13H,6-7,9H2,1-3H3/b9-8-,11-10-,17-15-,18-12?;. The number of rotatable bonds is 11. The van der Waals surface area contributed by atoms with Crippen LogP contribution in [0.3, 0.4) is 0 Å². The summed E-state index contributed by atoms with van der Waals surface area (Å²) in [5, 5.41) is 0. The minimum absolute atomic E-state index is 0.327. The predicted molar refractivity (Wildman–Crippen MR) is 154 cm³/mol. The molecular formula is C32H45FN2O. The van der Waals surface area contributed by atoms with Crippen LogP contribution < -0.4 is 4.74 Å². The van der Waals surface area contributed by atoms with E-state index in [2.05, 4.69) is 50.5 Å². The topological polar surface area (TPSA) is 34.5 Å². The number of ether oxygens (including phenoxy) is 1. The maximum atomic E-state index is 12.7. The number of pyridine rings is 1. The van der Waals surface area contributed by atoms with Crippen LogP contribution in [0.1, 0.15) is 61.3 Å². The summed E-state index contributed by atoms with van der Waals surface area (Å²) in [6.45, 7) is 27.2. The molecule has 1 aromatic rings. The lowest BCUT2D eigenvalue weighted by Crippen LogP contribution is -2.32. The second-order valence-electron chi connectivity index (χ2n) is 10.0. The van der Waals surface area contributed by atoms with Crippen molar-refractivity contribution in [2.24, 2.45) is 28.7 Å². The minimum Gasteiger partial charge on any atom is -0.477 e. The first-order valence-electron chi connectivity index (χ1n) is 12.8. The molecule has 4 heteroatoms. The number of halogens is 1. The van der Waals surface area contributed by atoms with E-state index >= 15 is 0 Å². The van der Waals surface area contributed by atoms with E-state index in [9.17, 15) is 4.39 Å². The molecule has 2 atom stereocenters. The lowest BCUT2D eigenvalue weighted by Gasteiger charge is -2.39. The Bertz CT molecular complexity index is 991. The number of aliphatic imine (C=N–C) groups is 1. The van der Waals surface area contributed by atoms with Crippen molar-refractivity contribution < 1.29 is 9.13 Å². The van der Waals surface area contributed by atoms with Gasteiger partial charge in [0.15, 0.2) is 0 Å². The Morgan fingerprint density at radius 3 is 2.33 bits per heavy atom. The molecule has 1 saturated carbocycles. The van der Waals surface area contributed by atoms with Crippen molar-refractivity contribution in [3.8, 4) is 5.88 Å². The number of nitrogens with zero attached hydrogens (tertiary/aromatic N) is 2. The van der Waals surface area contributed by atoms with Crippen LogP contribution in [0.5, 0.6) is 5.88 Å². The fourth-order valence-electron chi connectivity index (χ4n) is 3.86. The Kier molecular flexibility index (Phi) is 13.7. The van der Waals surface area contributed by atoms with Crippen LogP contribution >= 0.6 is 0 Å². The van der Waals surface area contributed by atoms with Gasteiger partial charge in [0.25, 0.3) is 0 Å². The quantitative estimate of drug-likeness (QED) is 0.228. The molecule has 1 aromatic heterocycles. The van der Waals surface area contributed by atoms with E-state index in [4.69, 9.17) is 4.74 Å². The van der Waals surface area contributed by atoms with Gasteiger partial charge in [-0.3, -0.25) is 4.99 Å². The summed E-state index contributed by atoms with van der Waals surface area (Å²) in [6, 6.07) is 2.96. The fourth-order valence-corrected chi connectivity index (χ4v) is 3.86. The van der Waals surface area contributed by atoms with E-state index in [0.29, 0.717) is 24.3 Å². The van der Waals surface area contributed by atoms with Crippen LogP contribution in [0.4, 0.5) is 4.39 Å². The molecule has 0 saturated heterocycles. The van der Waals surface area contributed by atoms with Gasteiger partial charge in [0.05, 0.1) is 18.5 Å². The summed E-state index contributed by atoms with van der Waals surface area (Å²) in [4.78, 5) is 8.21. The average Bonchev–Trinajstić information content (AvgIpc) is 2.81. The van der Waals surface area contributed by atoms with Gasteiger partial charge in [0.1, 0.15) is 5.82 Å². The molecule has 0 aromatic carbocycles. The highest BCUT2D eigenvalue weighted by molar-refractivity contribution is 5.73. The first kappa shape index (κ1) is 31.0. The maximum absolute atomic E-state index is 12.7. The highest BCUT2D eigenvalue weighted by Gasteiger charge is 2.32. The van der Waals surface area contributed by atoms with Crippen LogP contribution in [-0.2, 0) is 0 Å². The van der Waals surface area contributed by atoms with Gasteiger partial charge >= 0.3 is 0 Å². The van der Waals surface area contributed by atoms with Gasteiger partial charge in [0.2, 0.25) is 5.88 Å². The average molecular weight is 493 g/mol. The SMILES string of the molecule is C=C(C)/C=C\C(C(=C)N=C/C=C\C)=C(/C)C(=C)C.CC1CC(C(C)C(C)COc2ccc(F)cn2)C1. The number of allylic oxidation sites excluding steroid dienone is 7. The Morgan fingerprint density at radius 2 is 1.83 bits per heavy atom. The van der Waals surface area contributed by atoms with Crippen molar-refractivity contribution in [2.45, 2.75) is 61.3 Å².